The molecule has 1 aromatic carbocycles. The second-order valence-corrected chi connectivity index (χ2v) is 3.84. The quantitative estimate of drug-likeness (QED) is 0.516. The van der Waals surface area contributed by atoms with Crippen molar-refractivity contribution >= 4 is 40.0 Å². The van der Waals surface area contributed by atoms with Crippen LogP contribution in [0.5, 0.6) is 5.75 Å². The number of phenolic OH excluding ortho intramolecular Hbond substituents is 1. The van der Waals surface area contributed by atoms with E-state index < -0.39 is 0 Å². The van der Waals surface area contributed by atoms with Gasteiger partial charge in [0.15, 0.2) is 5.78 Å². The summed E-state index contributed by atoms with van der Waals surface area (Å²) in [6, 6.07) is 4.71. The van der Waals surface area contributed by atoms with Gasteiger partial charge in [-0.1, -0.05) is 0 Å². The zero-order valence-corrected chi connectivity index (χ0v) is 9.83. The van der Waals surface area contributed by atoms with Gasteiger partial charge < -0.3 is 5.11 Å². The Balaban J connectivity index is 3.42. The summed E-state index contributed by atoms with van der Waals surface area (Å²) < 4.78 is 0.441. The number of hydrogen-bond acceptors (Lipinski definition) is 3. The fraction of sp³-hybridized carbons (Fsp3) is 0.111. The van der Waals surface area contributed by atoms with E-state index in [9.17, 15) is 9.90 Å². The highest BCUT2D eigenvalue weighted by molar-refractivity contribution is 14.1. The molecule has 0 radical (unpaired) electrons. The maximum Gasteiger partial charge on any atom is 0.182 e. The summed E-state index contributed by atoms with van der Waals surface area (Å²) in [6.45, 7) is 0. The molecule has 0 aliphatic heterocycles. The van der Waals surface area contributed by atoms with Gasteiger partial charge >= 0.3 is 0 Å². The van der Waals surface area contributed by atoms with Crippen LogP contribution in [0.15, 0.2) is 12.1 Å². The Hall–Kier alpha value is -0.800. The highest BCUT2D eigenvalue weighted by Crippen LogP contribution is 2.26. The first-order chi connectivity index (χ1) is 6.61. The largest absolute Gasteiger partial charge is 0.507 e. The van der Waals surface area contributed by atoms with Gasteiger partial charge in [-0.25, -0.2) is 0 Å². The SMILES string of the molecule is N#Cc1ccc(O)c(C(=O)CCl)c1I. The molecule has 0 fully saturated rings. The third-order valence-electron chi connectivity index (χ3n) is 1.64. The van der Waals surface area contributed by atoms with Crippen molar-refractivity contribution in [1.82, 2.24) is 0 Å². The molecule has 1 N–H and O–H groups in total. The van der Waals surface area contributed by atoms with E-state index in [2.05, 4.69) is 0 Å². The van der Waals surface area contributed by atoms with Gasteiger partial charge in [0, 0.05) is 3.57 Å². The Labute approximate surface area is 99.4 Å². The van der Waals surface area contributed by atoms with Crippen molar-refractivity contribution in [3.05, 3.63) is 26.8 Å². The first kappa shape index (κ1) is 11.3. The number of alkyl halides is 1. The van der Waals surface area contributed by atoms with Crippen LogP contribution in [0.25, 0.3) is 0 Å². The van der Waals surface area contributed by atoms with Crippen molar-refractivity contribution in [3.63, 3.8) is 0 Å². The number of benzene rings is 1. The van der Waals surface area contributed by atoms with E-state index in [1.54, 1.807) is 0 Å². The van der Waals surface area contributed by atoms with Crippen molar-refractivity contribution in [3.8, 4) is 11.8 Å². The van der Waals surface area contributed by atoms with E-state index in [0.29, 0.717) is 9.13 Å². The minimum atomic E-state index is -0.384. The molecule has 72 valence electrons. The molecule has 3 nitrogen and oxygen atoms in total. The van der Waals surface area contributed by atoms with Gasteiger partial charge in [0.2, 0.25) is 0 Å². The Morgan fingerprint density at radius 1 is 1.64 bits per heavy atom. The van der Waals surface area contributed by atoms with Crippen molar-refractivity contribution < 1.29 is 9.90 Å². The molecular weight excluding hydrogens is 316 g/mol. The second kappa shape index (κ2) is 4.62. The lowest BCUT2D eigenvalue weighted by Gasteiger charge is -2.05. The lowest BCUT2D eigenvalue weighted by molar-refractivity contribution is 0.101. The third-order valence-corrected chi connectivity index (χ3v) is 3.00. The zero-order valence-electron chi connectivity index (χ0n) is 6.92. The monoisotopic (exact) mass is 321 g/mol. The summed E-state index contributed by atoms with van der Waals surface area (Å²) in [6.07, 6.45) is 0. The molecule has 0 saturated carbocycles. The molecule has 0 heterocycles. The molecule has 0 spiro atoms. The molecule has 0 saturated heterocycles. The number of nitriles is 1. The topological polar surface area (TPSA) is 61.1 Å². The Morgan fingerprint density at radius 3 is 2.79 bits per heavy atom. The summed E-state index contributed by atoms with van der Waals surface area (Å²) >= 11 is 7.22. The standard InChI is InChI=1S/C9H5ClINO2/c10-3-7(14)8-6(13)2-1-5(4-12)9(8)11/h1-2,13H,3H2. The minimum absolute atomic E-state index is 0.125. The highest BCUT2D eigenvalue weighted by atomic mass is 127. The summed E-state index contributed by atoms with van der Waals surface area (Å²) in [5.41, 5.74) is 0.483. The van der Waals surface area contributed by atoms with Gasteiger partial charge in [0.25, 0.3) is 0 Å². The van der Waals surface area contributed by atoms with Gasteiger partial charge in [-0.15, -0.1) is 11.6 Å². The van der Waals surface area contributed by atoms with E-state index in [0.717, 1.165) is 0 Å². The summed E-state index contributed by atoms with van der Waals surface area (Å²) in [4.78, 5) is 11.3. The maximum atomic E-state index is 11.3. The molecule has 0 unspecified atom stereocenters. The van der Waals surface area contributed by atoms with Gasteiger partial charge in [0.05, 0.1) is 17.0 Å². The van der Waals surface area contributed by atoms with Crippen LogP contribution in [0.3, 0.4) is 0 Å². The number of aromatic hydroxyl groups is 1. The van der Waals surface area contributed by atoms with Crippen LogP contribution in [0.1, 0.15) is 15.9 Å². The Kier molecular flexibility index (Phi) is 3.72. The number of rotatable bonds is 2. The average molecular weight is 322 g/mol. The lowest BCUT2D eigenvalue weighted by atomic mass is 10.1. The number of nitrogens with zero attached hydrogens (tertiary/aromatic N) is 1. The fourth-order valence-corrected chi connectivity index (χ4v) is 2.00. The second-order valence-electron chi connectivity index (χ2n) is 2.49. The maximum absolute atomic E-state index is 11.3. The van der Waals surface area contributed by atoms with E-state index in [1.807, 2.05) is 28.7 Å². The molecule has 1 rings (SSSR count). The smallest absolute Gasteiger partial charge is 0.182 e. The minimum Gasteiger partial charge on any atom is -0.507 e. The first-order valence-electron chi connectivity index (χ1n) is 3.62. The Bertz CT molecular complexity index is 426. The van der Waals surface area contributed by atoms with Crippen LogP contribution >= 0.6 is 34.2 Å². The van der Waals surface area contributed by atoms with Crippen molar-refractivity contribution in [2.24, 2.45) is 0 Å². The molecule has 0 aliphatic carbocycles. The average Bonchev–Trinajstić information content (AvgIpc) is 2.18. The molecule has 0 aliphatic rings. The van der Waals surface area contributed by atoms with Crippen molar-refractivity contribution in [2.45, 2.75) is 0 Å². The van der Waals surface area contributed by atoms with Gasteiger partial charge in [-0.05, 0) is 34.7 Å². The number of carbonyl (C=O) groups excluding carboxylic acids is 1. The van der Waals surface area contributed by atoms with E-state index in [1.165, 1.54) is 12.1 Å². The van der Waals surface area contributed by atoms with Crippen LogP contribution in [0.4, 0.5) is 0 Å². The Morgan fingerprint density at radius 2 is 2.29 bits per heavy atom. The fourth-order valence-electron chi connectivity index (χ4n) is 0.984. The normalized spacial score (nSPS) is 9.50. The predicted molar refractivity (Wildman–Crippen MR) is 60.6 cm³/mol. The third kappa shape index (κ3) is 1.99. The van der Waals surface area contributed by atoms with Gasteiger partial charge in [-0.2, -0.15) is 5.26 Å². The number of hydrogen-bond donors (Lipinski definition) is 1. The molecule has 1 aromatic rings. The number of halogens is 2. The van der Waals surface area contributed by atoms with Gasteiger partial charge in [-0.3, -0.25) is 4.79 Å². The summed E-state index contributed by atoms with van der Waals surface area (Å²) in [5.74, 6) is -0.733. The van der Waals surface area contributed by atoms with Crippen molar-refractivity contribution in [1.29, 1.82) is 5.26 Å². The number of carbonyl (C=O) groups is 1. The van der Waals surface area contributed by atoms with Crippen LogP contribution in [-0.2, 0) is 0 Å². The molecule has 0 amide bonds. The molecule has 0 bridgehead atoms. The highest BCUT2D eigenvalue weighted by Gasteiger charge is 2.16. The van der Waals surface area contributed by atoms with Crippen LogP contribution < -0.4 is 0 Å². The zero-order chi connectivity index (χ0) is 10.7. The molecule has 5 heteroatoms. The molecule has 0 aromatic heterocycles. The van der Waals surface area contributed by atoms with E-state index in [-0.39, 0.29) is 23.0 Å². The molecular formula is C9H5ClINO2. The first-order valence-corrected chi connectivity index (χ1v) is 5.24. The summed E-state index contributed by atoms with van der Waals surface area (Å²) in [7, 11) is 0. The number of Topliss-reactive ketones (excluding diaryl/α,β-unsaturated/α-hetero) is 1. The lowest BCUT2D eigenvalue weighted by Crippen LogP contribution is -2.05. The van der Waals surface area contributed by atoms with Crippen LogP contribution in [0, 0.1) is 14.9 Å². The van der Waals surface area contributed by atoms with Gasteiger partial charge in [0.1, 0.15) is 11.8 Å². The predicted octanol–water partition coefficient (Wildman–Crippen LogP) is 2.29. The van der Waals surface area contributed by atoms with Crippen LogP contribution in [0.2, 0.25) is 0 Å². The van der Waals surface area contributed by atoms with Crippen molar-refractivity contribution in [2.75, 3.05) is 5.88 Å². The van der Waals surface area contributed by atoms with E-state index >= 15 is 0 Å². The number of ketones is 1. The molecule has 14 heavy (non-hydrogen) atoms. The number of phenols is 1. The van der Waals surface area contributed by atoms with Crippen LogP contribution in [-0.4, -0.2) is 16.8 Å². The summed E-state index contributed by atoms with van der Waals surface area (Å²) in [5, 5.41) is 18.1. The molecule has 0 atom stereocenters. The van der Waals surface area contributed by atoms with E-state index in [4.69, 9.17) is 16.9 Å².